The first-order valence-electron chi connectivity index (χ1n) is 7.92. The fourth-order valence-corrected chi connectivity index (χ4v) is 2.16. The molecule has 0 heterocycles. The van der Waals surface area contributed by atoms with E-state index in [2.05, 4.69) is 41.6 Å². The topological polar surface area (TPSA) is 45.6 Å². The smallest absolute Gasteiger partial charge is 0.191 e. The van der Waals surface area contributed by atoms with Gasteiger partial charge in [0.05, 0.1) is 6.61 Å². The van der Waals surface area contributed by atoms with Gasteiger partial charge >= 0.3 is 0 Å². The van der Waals surface area contributed by atoms with Crippen molar-refractivity contribution < 1.29 is 4.74 Å². The van der Waals surface area contributed by atoms with E-state index >= 15 is 0 Å². The maximum absolute atomic E-state index is 5.74. The van der Waals surface area contributed by atoms with Crippen LogP contribution in [-0.4, -0.2) is 25.7 Å². The molecule has 1 aliphatic carbocycles. The van der Waals surface area contributed by atoms with E-state index in [0.717, 1.165) is 43.6 Å². The zero-order valence-corrected chi connectivity index (χ0v) is 16.1. The second-order valence-corrected chi connectivity index (χ2v) is 5.74. The summed E-state index contributed by atoms with van der Waals surface area (Å²) in [5, 5.41) is 6.78. The van der Waals surface area contributed by atoms with Gasteiger partial charge in [-0.1, -0.05) is 32.4 Å². The maximum atomic E-state index is 5.74. The molecule has 1 aliphatic rings. The molecule has 0 aromatic heterocycles. The summed E-state index contributed by atoms with van der Waals surface area (Å²) in [5.41, 5.74) is 1.20. The monoisotopic (exact) mass is 417 g/mol. The number of benzene rings is 1. The van der Waals surface area contributed by atoms with Crippen molar-refractivity contribution in [2.24, 2.45) is 10.9 Å². The second-order valence-electron chi connectivity index (χ2n) is 5.74. The molecule has 1 fully saturated rings. The molecule has 0 amide bonds. The van der Waals surface area contributed by atoms with Crippen molar-refractivity contribution in [3.8, 4) is 5.75 Å². The second kappa shape index (κ2) is 9.92. The zero-order chi connectivity index (χ0) is 15.1. The normalized spacial score (nSPS) is 20.0. The fourth-order valence-electron chi connectivity index (χ4n) is 2.16. The Hall–Kier alpha value is -0.980. The van der Waals surface area contributed by atoms with Crippen molar-refractivity contribution in [2.45, 2.75) is 45.7 Å². The minimum absolute atomic E-state index is 0. The first-order valence-corrected chi connectivity index (χ1v) is 7.92. The number of halogens is 1. The van der Waals surface area contributed by atoms with E-state index in [9.17, 15) is 0 Å². The number of guanidine groups is 1. The van der Waals surface area contributed by atoms with Crippen LogP contribution in [0.1, 0.15) is 38.7 Å². The number of nitrogens with one attached hydrogen (secondary N) is 2. The Morgan fingerprint density at radius 1 is 1.41 bits per heavy atom. The molecule has 2 atom stereocenters. The minimum Gasteiger partial charge on any atom is -0.494 e. The predicted octanol–water partition coefficient (Wildman–Crippen LogP) is 3.56. The molecule has 0 aliphatic heterocycles. The Morgan fingerprint density at radius 3 is 2.82 bits per heavy atom. The van der Waals surface area contributed by atoms with Crippen LogP contribution in [0.15, 0.2) is 29.3 Å². The molecule has 2 unspecified atom stereocenters. The summed E-state index contributed by atoms with van der Waals surface area (Å²) in [7, 11) is 1.81. The average molecular weight is 417 g/mol. The molecule has 0 spiro atoms. The summed E-state index contributed by atoms with van der Waals surface area (Å²) < 4.78 is 5.74. The number of nitrogens with zero attached hydrogens (tertiary/aromatic N) is 1. The number of hydrogen-bond donors (Lipinski definition) is 2. The molecule has 22 heavy (non-hydrogen) atoms. The van der Waals surface area contributed by atoms with Crippen molar-refractivity contribution in [2.75, 3.05) is 13.7 Å². The van der Waals surface area contributed by atoms with Crippen LogP contribution >= 0.6 is 24.0 Å². The van der Waals surface area contributed by atoms with Gasteiger partial charge in [-0.2, -0.15) is 0 Å². The van der Waals surface area contributed by atoms with Crippen molar-refractivity contribution in [3.05, 3.63) is 29.8 Å². The highest BCUT2D eigenvalue weighted by molar-refractivity contribution is 14.0. The lowest BCUT2D eigenvalue weighted by Gasteiger charge is -2.12. The molecule has 5 heteroatoms. The van der Waals surface area contributed by atoms with Crippen LogP contribution < -0.4 is 15.4 Å². The van der Waals surface area contributed by atoms with Gasteiger partial charge in [0.25, 0.3) is 0 Å². The van der Waals surface area contributed by atoms with E-state index in [0.29, 0.717) is 6.04 Å². The first kappa shape index (κ1) is 19.1. The highest BCUT2D eigenvalue weighted by atomic mass is 127. The van der Waals surface area contributed by atoms with Gasteiger partial charge in [0.1, 0.15) is 5.75 Å². The molecule has 2 N–H and O–H groups in total. The summed E-state index contributed by atoms with van der Waals surface area (Å²) in [6, 6.07) is 8.83. The van der Waals surface area contributed by atoms with Crippen molar-refractivity contribution in [1.82, 2.24) is 10.6 Å². The summed E-state index contributed by atoms with van der Waals surface area (Å²) in [6.07, 6.45) is 3.49. The largest absolute Gasteiger partial charge is 0.494 e. The average Bonchev–Trinajstić information content (AvgIpc) is 3.19. The van der Waals surface area contributed by atoms with Gasteiger partial charge in [0.2, 0.25) is 0 Å². The van der Waals surface area contributed by atoms with Gasteiger partial charge in [0, 0.05) is 19.6 Å². The Kier molecular flexibility index (Phi) is 8.60. The van der Waals surface area contributed by atoms with Crippen LogP contribution in [0.2, 0.25) is 0 Å². The number of rotatable bonds is 7. The lowest BCUT2D eigenvalue weighted by molar-refractivity contribution is 0.309. The third-order valence-corrected chi connectivity index (χ3v) is 3.78. The summed E-state index contributed by atoms with van der Waals surface area (Å²) in [5.74, 6) is 2.59. The number of unbranched alkanes of at least 4 members (excludes halogenated alkanes) is 1. The molecule has 2 rings (SSSR count). The van der Waals surface area contributed by atoms with Gasteiger partial charge in [-0.25, -0.2) is 0 Å². The molecule has 1 aromatic carbocycles. The Balaban J connectivity index is 0.00000242. The van der Waals surface area contributed by atoms with Crippen LogP contribution in [0.25, 0.3) is 0 Å². The van der Waals surface area contributed by atoms with Gasteiger partial charge in [-0.05, 0) is 36.5 Å². The quantitative estimate of drug-likeness (QED) is 0.309. The van der Waals surface area contributed by atoms with Crippen molar-refractivity contribution in [3.63, 3.8) is 0 Å². The van der Waals surface area contributed by atoms with Crippen LogP contribution in [0.4, 0.5) is 0 Å². The van der Waals surface area contributed by atoms with Crippen LogP contribution in [0.3, 0.4) is 0 Å². The Morgan fingerprint density at radius 2 is 2.18 bits per heavy atom. The highest BCUT2D eigenvalue weighted by Gasteiger charge is 2.33. The van der Waals surface area contributed by atoms with Crippen LogP contribution in [-0.2, 0) is 6.54 Å². The number of ether oxygens (including phenoxy) is 1. The SMILES string of the molecule is CCCCOc1cccc(CNC(=NC)NC2CC2C)c1.I. The predicted molar refractivity (Wildman–Crippen MR) is 103 cm³/mol. The molecule has 0 bridgehead atoms. The van der Waals surface area contributed by atoms with E-state index in [1.165, 1.54) is 12.0 Å². The molecular weight excluding hydrogens is 389 g/mol. The molecule has 0 radical (unpaired) electrons. The van der Waals surface area contributed by atoms with E-state index in [1.807, 2.05) is 19.2 Å². The lowest BCUT2D eigenvalue weighted by Crippen LogP contribution is -2.38. The Labute approximate surface area is 151 Å². The third-order valence-electron chi connectivity index (χ3n) is 3.78. The van der Waals surface area contributed by atoms with E-state index in [1.54, 1.807) is 0 Å². The van der Waals surface area contributed by atoms with Gasteiger partial charge in [-0.3, -0.25) is 4.99 Å². The molecule has 1 aromatic rings. The summed E-state index contributed by atoms with van der Waals surface area (Å²) in [6.45, 7) is 5.97. The summed E-state index contributed by atoms with van der Waals surface area (Å²) >= 11 is 0. The van der Waals surface area contributed by atoms with Crippen molar-refractivity contribution >= 4 is 29.9 Å². The van der Waals surface area contributed by atoms with Gasteiger partial charge in [0.15, 0.2) is 5.96 Å². The molecule has 124 valence electrons. The van der Waals surface area contributed by atoms with Gasteiger partial charge in [-0.15, -0.1) is 24.0 Å². The van der Waals surface area contributed by atoms with Crippen LogP contribution in [0, 0.1) is 5.92 Å². The molecular formula is C17H28IN3O. The summed E-state index contributed by atoms with van der Waals surface area (Å²) in [4.78, 5) is 4.26. The fraction of sp³-hybridized carbons (Fsp3) is 0.588. The highest BCUT2D eigenvalue weighted by Crippen LogP contribution is 2.28. The Bertz CT molecular complexity index is 479. The van der Waals surface area contributed by atoms with Crippen molar-refractivity contribution in [1.29, 1.82) is 0 Å². The number of aliphatic imine (C=N–C) groups is 1. The third kappa shape index (κ3) is 6.42. The van der Waals surface area contributed by atoms with E-state index < -0.39 is 0 Å². The first-order chi connectivity index (χ1) is 10.2. The standard InChI is InChI=1S/C17H27N3O.HI/c1-4-5-9-21-15-8-6-7-14(11-15)12-19-17(18-3)20-16-10-13(16)2;/h6-8,11,13,16H,4-5,9-10,12H2,1-3H3,(H2,18,19,20);1H. The minimum atomic E-state index is 0. The van der Waals surface area contributed by atoms with Crippen LogP contribution in [0.5, 0.6) is 5.75 Å². The molecule has 1 saturated carbocycles. The van der Waals surface area contributed by atoms with E-state index in [4.69, 9.17) is 4.74 Å². The zero-order valence-electron chi connectivity index (χ0n) is 13.8. The van der Waals surface area contributed by atoms with E-state index in [-0.39, 0.29) is 24.0 Å². The number of hydrogen-bond acceptors (Lipinski definition) is 2. The lowest BCUT2D eigenvalue weighted by atomic mass is 10.2. The molecule has 4 nitrogen and oxygen atoms in total. The van der Waals surface area contributed by atoms with Gasteiger partial charge < -0.3 is 15.4 Å². The molecule has 0 saturated heterocycles. The maximum Gasteiger partial charge on any atom is 0.191 e.